The molecule has 1 aliphatic carbocycles. The summed E-state index contributed by atoms with van der Waals surface area (Å²) < 4.78 is 141. The lowest BCUT2D eigenvalue weighted by Gasteiger charge is -2.25. The van der Waals surface area contributed by atoms with Crippen molar-refractivity contribution >= 4 is 23.2 Å². The van der Waals surface area contributed by atoms with E-state index in [2.05, 4.69) is 15.3 Å². The molecule has 0 saturated heterocycles. The van der Waals surface area contributed by atoms with Gasteiger partial charge in [-0.05, 0) is 43.0 Å². The smallest absolute Gasteiger partial charge is 0.396 e. The lowest BCUT2D eigenvalue weighted by atomic mass is 9.85. The summed E-state index contributed by atoms with van der Waals surface area (Å²) in [5.74, 6) is -4.76. The Kier molecular flexibility index (Phi) is 9.52. The highest BCUT2D eigenvalue weighted by molar-refractivity contribution is 5.95. The van der Waals surface area contributed by atoms with Crippen molar-refractivity contribution in [1.82, 2.24) is 15.3 Å². The second-order valence-corrected chi connectivity index (χ2v) is 8.96. The van der Waals surface area contributed by atoms with E-state index in [4.69, 9.17) is 5.73 Å². The largest absolute Gasteiger partial charge is 0.434 e. The number of nitrogens with one attached hydrogen (secondary N) is 2. The first-order valence-electron chi connectivity index (χ1n) is 11.9. The number of carbonyl (C=O) groups is 1. The van der Waals surface area contributed by atoms with Gasteiger partial charge in [-0.25, -0.2) is 18.7 Å². The van der Waals surface area contributed by atoms with Crippen molar-refractivity contribution < 1.29 is 53.1 Å². The van der Waals surface area contributed by atoms with Crippen LogP contribution in [0, 0.1) is 17.6 Å². The maximum absolute atomic E-state index is 14.1. The second-order valence-electron chi connectivity index (χ2n) is 8.96. The van der Waals surface area contributed by atoms with Crippen molar-refractivity contribution in [3.8, 4) is 0 Å². The number of aromatic nitrogens is 2. The zero-order chi connectivity index (χ0) is 31.5. The van der Waals surface area contributed by atoms with Gasteiger partial charge in [-0.15, -0.1) is 0 Å². The molecule has 1 saturated carbocycles. The number of nitrogen functional groups attached to an aromatic ring is 1. The number of hydrogen-bond donors (Lipinski definition) is 3. The van der Waals surface area contributed by atoms with E-state index in [1.54, 1.807) is 0 Å². The molecule has 42 heavy (non-hydrogen) atoms. The molecule has 1 amide bonds. The molecule has 17 heteroatoms. The number of alkyl halides is 9. The van der Waals surface area contributed by atoms with Crippen LogP contribution in [0.25, 0.3) is 0 Å². The van der Waals surface area contributed by atoms with E-state index in [1.807, 2.05) is 5.32 Å². The second kappa shape index (κ2) is 12.4. The molecule has 0 aliphatic heterocycles. The van der Waals surface area contributed by atoms with Crippen molar-refractivity contribution in [2.45, 2.75) is 37.8 Å². The molecular weight excluding hydrogens is 595 g/mol. The molecule has 0 atom stereocenters. The van der Waals surface area contributed by atoms with Crippen LogP contribution in [0.1, 0.15) is 46.4 Å². The van der Waals surface area contributed by atoms with Gasteiger partial charge in [-0.3, -0.25) is 4.79 Å². The Morgan fingerprint density at radius 3 is 1.93 bits per heavy atom. The third-order valence-corrected chi connectivity index (χ3v) is 5.96. The fourth-order valence-corrected chi connectivity index (χ4v) is 3.59. The van der Waals surface area contributed by atoms with Gasteiger partial charge in [0.2, 0.25) is 5.95 Å². The summed E-state index contributed by atoms with van der Waals surface area (Å²) in [6, 6.07) is 5.02. The van der Waals surface area contributed by atoms with Crippen LogP contribution in [0.4, 0.5) is 65.6 Å². The average Bonchev–Trinajstić information content (AvgIpc) is 2.84. The Labute approximate surface area is 230 Å². The van der Waals surface area contributed by atoms with Crippen molar-refractivity contribution in [3.05, 3.63) is 76.6 Å². The lowest BCUT2D eigenvalue weighted by Crippen LogP contribution is -2.33. The number of nitrogens with zero attached hydrogens (tertiary/aromatic N) is 2. The van der Waals surface area contributed by atoms with Gasteiger partial charge < -0.3 is 16.4 Å². The van der Waals surface area contributed by atoms with E-state index >= 15 is 0 Å². The number of anilines is 3. The predicted molar refractivity (Wildman–Crippen MR) is 127 cm³/mol. The Balaban J connectivity index is 0.000000337. The van der Waals surface area contributed by atoms with Gasteiger partial charge in [-0.2, -0.15) is 39.5 Å². The standard InChI is InChI=1S/C18H15F7N4O.C7H5F4N/c19-13-11(17(20,21)22)5-2-6-12(13)28-16-27-8-10(14(29-16)18(23,24)25)15(30)26-7-9-3-1-4-9;8-6-4(7(9,10)11)2-1-3-5(6)12/h2,5-6,8-9H,1,3-4,7H2,(H,26,30)(H,27,28,29);1-3H,12H2. The quantitative estimate of drug-likeness (QED) is 0.206. The first kappa shape index (κ1) is 32.3. The van der Waals surface area contributed by atoms with Gasteiger partial charge in [-0.1, -0.05) is 18.6 Å². The Bertz CT molecular complexity index is 1420. The summed E-state index contributed by atoms with van der Waals surface area (Å²) >= 11 is 0. The number of rotatable bonds is 5. The first-order chi connectivity index (χ1) is 19.4. The number of carbonyl (C=O) groups excluding carboxylic acids is 1. The molecule has 0 unspecified atom stereocenters. The molecule has 228 valence electrons. The predicted octanol–water partition coefficient (Wildman–Crippen LogP) is 7.35. The molecule has 0 radical (unpaired) electrons. The van der Waals surface area contributed by atoms with Gasteiger partial charge in [0.15, 0.2) is 17.3 Å². The normalized spacial score (nSPS) is 14.0. The van der Waals surface area contributed by atoms with Crippen LogP contribution in [0.5, 0.6) is 0 Å². The summed E-state index contributed by atoms with van der Waals surface area (Å²) in [6.45, 7) is 0.214. The van der Waals surface area contributed by atoms with E-state index in [9.17, 15) is 53.1 Å². The van der Waals surface area contributed by atoms with Gasteiger partial charge >= 0.3 is 18.5 Å². The molecule has 1 aromatic heterocycles. The van der Waals surface area contributed by atoms with Gasteiger partial charge in [0.25, 0.3) is 5.91 Å². The summed E-state index contributed by atoms with van der Waals surface area (Å²) in [5.41, 5.74) is -1.67. The molecule has 1 aliphatic rings. The number of amides is 1. The zero-order valence-electron chi connectivity index (χ0n) is 21.0. The van der Waals surface area contributed by atoms with Gasteiger partial charge in [0, 0.05) is 12.7 Å². The molecule has 4 N–H and O–H groups in total. The summed E-state index contributed by atoms with van der Waals surface area (Å²) in [4.78, 5) is 18.9. The highest BCUT2D eigenvalue weighted by atomic mass is 19.4. The van der Waals surface area contributed by atoms with E-state index in [0.717, 1.165) is 43.5 Å². The third kappa shape index (κ3) is 7.97. The number of benzene rings is 2. The van der Waals surface area contributed by atoms with E-state index in [0.29, 0.717) is 18.3 Å². The maximum atomic E-state index is 14.1. The third-order valence-electron chi connectivity index (χ3n) is 5.96. The highest BCUT2D eigenvalue weighted by Gasteiger charge is 2.39. The molecule has 0 bridgehead atoms. The minimum atomic E-state index is -5.05. The molecule has 0 spiro atoms. The molecule has 2 aromatic carbocycles. The molecule has 6 nitrogen and oxygen atoms in total. The minimum Gasteiger partial charge on any atom is -0.396 e. The highest BCUT2D eigenvalue weighted by Crippen LogP contribution is 2.36. The van der Waals surface area contributed by atoms with Crippen LogP contribution in [-0.2, 0) is 18.5 Å². The summed E-state index contributed by atoms with van der Waals surface area (Å²) in [6.07, 6.45) is -11.4. The summed E-state index contributed by atoms with van der Waals surface area (Å²) in [5, 5.41) is 4.39. The van der Waals surface area contributed by atoms with Gasteiger partial charge in [0.05, 0.1) is 28.1 Å². The van der Waals surface area contributed by atoms with E-state index in [-0.39, 0.29) is 12.5 Å². The summed E-state index contributed by atoms with van der Waals surface area (Å²) in [7, 11) is 0. The zero-order valence-corrected chi connectivity index (χ0v) is 21.0. The van der Waals surface area contributed by atoms with Crippen molar-refractivity contribution in [2.75, 3.05) is 17.6 Å². The molecule has 3 aromatic rings. The van der Waals surface area contributed by atoms with Crippen LogP contribution in [0.3, 0.4) is 0 Å². The van der Waals surface area contributed by atoms with Crippen LogP contribution in [0.2, 0.25) is 0 Å². The maximum Gasteiger partial charge on any atom is 0.434 e. The molecule has 4 rings (SSSR count). The van der Waals surface area contributed by atoms with Gasteiger partial charge in [0.1, 0.15) is 0 Å². The lowest BCUT2D eigenvalue weighted by molar-refractivity contribution is -0.141. The van der Waals surface area contributed by atoms with Crippen molar-refractivity contribution in [1.29, 1.82) is 0 Å². The van der Waals surface area contributed by atoms with Crippen molar-refractivity contribution in [3.63, 3.8) is 0 Å². The average molecular weight is 615 g/mol. The Hall–Kier alpha value is -4.18. The van der Waals surface area contributed by atoms with E-state index < -0.39 is 75.8 Å². The van der Waals surface area contributed by atoms with Crippen LogP contribution < -0.4 is 16.4 Å². The van der Waals surface area contributed by atoms with Crippen LogP contribution >= 0.6 is 0 Å². The first-order valence-corrected chi connectivity index (χ1v) is 11.9. The molecule has 1 heterocycles. The Morgan fingerprint density at radius 1 is 0.857 bits per heavy atom. The monoisotopic (exact) mass is 615 g/mol. The number of halogens is 11. The Morgan fingerprint density at radius 2 is 1.43 bits per heavy atom. The molecular formula is C25H20F11N5O. The molecule has 1 fully saturated rings. The van der Waals surface area contributed by atoms with Crippen molar-refractivity contribution in [2.24, 2.45) is 5.92 Å². The minimum absolute atomic E-state index is 0.203. The number of hydrogen-bond acceptors (Lipinski definition) is 5. The van der Waals surface area contributed by atoms with Crippen LogP contribution in [-0.4, -0.2) is 22.4 Å². The SMILES string of the molecule is Nc1cccc(C(F)(F)F)c1F.O=C(NCC1CCC1)c1cnc(Nc2cccc(C(F)(F)F)c2F)nc1C(F)(F)F. The number of nitrogens with two attached hydrogens (primary N) is 1. The van der Waals surface area contributed by atoms with E-state index in [1.165, 1.54) is 0 Å². The fourth-order valence-electron chi connectivity index (χ4n) is 3.59. The fraction of sp³-hybridized carbons (Fsp3) is 0.320. The topological polar surface area (TPSA) is 92.9 Å². The van der Waals surface area contributed by atoms with Crippen LogP contribution in [0.15, 0.2) is 42.6 Å².